The third kappa shape index (κ3) is 4.64. The Hall–Kier alpha value is -0.803. The van der Waals surface area contributed by atoms with Crippen molar-refractivity contribution >= 4 is 8.56 Å². The lowest BCUT2D eigenvalue weighted by atomic mass is 10.0. The van der Waals surface area contributed by atoms with Gasteiger partial charge in [-0.2, -0.15) is 0 Å². The van der Waals surface area contributed by atoms with Crippen LogP contribution in [0.25, 0.3) is 0 Å². The molecular formula is C17H30O2Si. The highest BCUT2D eigenvalue weighted by atomic mass is 28.4. The molecule has 0 amide bonds. The lowest BCUT2D eigenvalue weighted by Crippen LogP contribution is -2.44. The molecule has 2 nitrogen and oxygen atoms in total. The minimum atomic E-state index is -2.10. The monoisotopic (exact) mass is 294 g/mol. The highest BCUT2D eigenvalue weighted by Crippen LogP contribution is 2.30. The quantitative estimate of drug-likeness (QED) is 0.443. The number of rotatable bonds is 9. The van der Waals surface area contributed by atoms with Crippen LogP contribution in [0.3, 0.4) is 0 Å². The van der Waals surface area contributed by atoms with Crippen LogP contribution in [0.2, 0.25) is 12.1 Å². The van der Waals surface area contributed by atoms with E-state index in [1.165, 1.54) is 12.0 Å². The fraction of sp³-hybridized carbons (Fsp3) is 0.647. The number of benzene rings is 1. The fourth-order valence-electron chi connectivity index (χ4n) is 2.28. The Morgan fingerprint density at radius 3 is 2.25 bits per heavy atom. The largest absolute Gasteiger partial charge is 0.520 e. The number of para-hydroxylation sites is 1. The Morgan fingerprint density at radius 1 is 1.05 bits per heavy atom. The second kappa shape index (κ2) is 8.48. The van der Waals surface area contributed by atoms with Gasteiger partial charge in [0.1, 0.15) is 5.75 Å². The number of unbranched alkanes of at least 4 members (excludes halogenated alkanes) is 1. The second-order valence-electron chi connectivity index (χ2n) is 5.61. The molecule has 0 fully saturated rings. The molecule has 1 aromatic rings. The molecule has 0 aliphatic heterocycles. The summed E-state index contributed by atoms with van der Waals surface area (Å²) in [6, 6.07) is 10.4. The molecule has 0 bridgehead atoms. The third-order valence-electron chi connectivity index (χ3n) is 3.78. The molecule has 1 aromatic carbocycles. The van der Waals surface area contributed by atoms with Crippen molar-refractivity contribution < 1.29 is 8.85 Å². The molecule has 1 rings (SSSR count). The Bertz CT molecular complexity index is 386. The van der Waals surface area contributed by atoms with Crippen molar-refractivity contribution in [3.63, 3.8) is 0 Å². The molecule has 0 atom stereocenters. The van der Waals surface area contributed by atoms with Gasteiger partial charge in [0.25, 0.3) is 0 Å². The molecule has 114 valence electrons. The summed E-state index contributed by atoms with van der Waals surface area (Å²) in [5.41, 5.74) is 1.28. The summed E-state index contributed by atoms with van der Waals surface area (Å²) in [6.45, 7) is 11.8. The second-order valence-corrected chi connectivity index (χ2v) is 9.34. The van der Waals surface area contributed by atoms with Crippen LogP contribution in [0.5, 0.6) is 5.75 Å². The minimum absolute atomic E-state index is 0.474. The van der Waals surface area contributed by atoms with E-state index in [4.69, 9.17) is 8.85 Å². The summed E-state index contributed by atoms with van der Waals surface area (Å²) >= 11 is 0. The third-order valence-corrected chi connectivity index (χ3v) is 7.25. The Labute approximate surface area is 125 Å². The van der Waals surface area contributed by atoms with E-state index in [9.17, 15) is 0 Å². The zero-order valence-electron chi connectivity index (χ0n) is 13.7. The van der Waals surface area contributed by atoms with E-state index in [-0.39, 0.29) is 0 Å². The summed E-state index contributed by atoms with van der Waals surface area (Å²) in [7, 11) is -2.10. The Morgan fingerprint density at radius 2 is 1.70 bits per heavy atom. The van der Waals surface area contributed by atoms with Crippen LogP contribution in [0.15, 0.2) is 24.3 Å². The van der Waals surface area contributed by atoms with Gasteiger partial charge in [-0.15, -0.1) is 0 Å². The first-order chi connectivity index (χ1) is 9.58. The van der Waals surface area contributed by atoms with E-state index >= 15 is 0 Å². The van der Waals surface area contributed by atoms with Gasteiger partial charge in [0.05, 0.1) is 0 Å². The van der Waals surface area contributed by atoms with Gasteiger partial charge in [0.15, 0.2) is 0 Å². The minimum Gasteiger partial charge on any atom is -0.520 e. The van der Waals surface area contributed by atoms with Crippen LogP contribution in [0, 0.1) is 0 Å². The van der Waals surface area contributed by atoms with Gasteiger partial charge in [-0.1, -0.05) is 59.2 Å². The molecule has 0 aliphatic carbocycles. The summed E-state index contributed by atoms with van der Waals surface area (Å²) in [4.78, 5) is 0. The summed E-state index contributed by atoms with van der Waals surface area (Å²) < 4.78 is 12.7. The number of hydrogen-bond donors (Lipinski definition) is 0. The first-order valence-electron chi connectivity index (χ1n) is 8.00. The van der Waals surface area contributed by atoms with Gasteiger partial charge in [-0.3, -0.25) is 0 Å². The van der Waals surface area contributed by atoms with Crippen LogP contribution in [-0.4, -0.2) is 15.2 Å². The van der Waals surface area contributed by atoms with Crippen LogP contribution in [0.4, 0.5) is 0 Å². The van der Waals surface area contributed by atoms with Crippen molar-refractivity contribution in [2.24, 2.45) is 0 Å². The van der Waals surface area contributed by atoms with Crippen LogP contribution >= 0.6 is 0 Å². The molecule has 0 saturated carbocycles. The maximum Gasteiger partial charge on any atom is 0.398 e. The topological polar surface area (TPSA) is 18.5 Å². The standard InChI is InChI=1S/C17H30O2Si/c1-6-9-14-18-20(7-2,8-3)19-17-13-11-10-12-16(17)15(4)5/h10-13,15H,6-9,14H2,1-5H3. The van der Waals surface area contributed by atoms with Crippen molar-refractivity contribution in [3.8, 4) is 5.75 Å². The first kappa shape index (κ1) is 17.2. The van der Waals surface area contributed by atoms with Crippen molar-refractivity contribution in [1.82, 2.24) is 0 Å². The van der Waals surface area contributed by atoms with Crippen LogP contribution in [-0.2, 0) is 4.43 Å². The van der Waals surface area contributed by atoms with E-state index in [2.05, 4.69) is 58.9 Å². The van der Waals surface area contributed by atoms with E-state index in [1.807, 2.05) is 0 Å². The molecule has 0 aromatic heterocycles. The Kier molecular flexibility index (Phi) is 7.31. The Balaban J connectivity index is 2.89. The molecule has 3 heteroatoms. The first-order valence-corrected chi connectivity index (χ1v) is 10.2. The van der Waals surface area contributed by atoms with Gasteiger partial charge in [0, 0.05) is 6.61 Å². The van der Waals surface area contributed by atoms with Gasteiger partial charge in [-0.25, -0.2) is 0 Å². The molecule has 0 aliphatic rings. The smallest absolute Gasteiger partial charge is 0.398 e. The molecule has 0 heterocycles. The van der Waals surface area contributed by atoms with Crippen LogP contribution < -0.4 is 4.43 Å². The van der Waals surface area contributed by atoms with Crippen LogP contribution in [0.1, 0.15) is 58.9 Å². The van der Waals surface area contributed by atoms with E-state index < -0.39 is 8.56 Å². The maximum absolute atomic E-state index is 6.46. The number of hydrogen-bond acceptors (Lipinski definition) is 2. The van der Waals surface area contributed by atoms with Crippen molar-refractivity contribution in [1.29, 1.82) is 0 Å². The van der Waals surface area contributed by atoms with E-state index in [1.54, 1.807) is 0 Å². The maximum atomic E-state index is 6.46. The highest BCUT2D eigenvalue weighted by molar-refractivity contribution is 6.68. The normalized spacial score (nSPS) is 11.9. The zero-order valence-corrected chi connectivity index (χ0v) is 14.7. The predicted molar refractivity (Wildman–Crippen MR) is 88.7 cm³/mol. The molecule has 20 heavy (non-hydrogen) atoms. The lowest BCUT2D eigenvalue weighted by molar-refractivity contribution is 0.232. The van der Waals surface area contributed by atoms with Gasteiger partial charge >= 0.3 is 8.56 Å². The average molecular weight is 295 g/mol. The van der Waals surface area contributed by atoms with Gasteiger partial charge in [0.2, 0.25) is 0 Å². The molecule has 0 radical (unpaired) electrons. The lowest BCUT2D eigenvalue weighted by Gasteiger charge is -2.31. The predicted octanol–water partition coefficient (Wildman–Crippen LogP) is 5.49. The molecule has 0 unspecified atom stereocenters. The van der Waals surface area contributed by atoms with Crippen molar-refractivity contribution in [3.05, 3.63) is 29.8 Å². The summed E-state index contributed by atoms with van der Waals surface area (Å²) in [5, 5.41) is 0. The SMILES string of the molecule is CCCCO[Si](CC)(CC)Oc1ccccc1C(C)C. The summed E-state index contributed by atoms with van der Waals surface area (Å²) in [5.74, 6) is 1.50. The average Bonchev–Trinajstić information content (AvgIpc) is 2.46. The van der Waals surface area contributed by atoms with Gasteiger partial charge < -0.3 is 8.85 Å². The molecule has 0 saturated heterocycles. The van der Waals surface area contributed by atoms with Crippen molar-refractivity contribution in [2.75, 3.05) is 6.61 Å². The van der Waals surface area contributed by atoms with Gasteiger partial charge in [-0.05, 0) is 36.1 Å². The molecule has 0 spiro atoms. The zero-order chi connectivity index (χ0) is 15.0. The van der Waals surface area contributed by atoms with Crippen molar-refractivity contribution in [2.45, 2.75) is 65.5 Å². The summed E-state index contributed by atoms with van der Waals surface area (Å²) in [6.07, 6.45) is 2.28. The van der Waals surface area contributed by atoms with E-state index in [0.29, 0.717) is 5.92 Å². The van der Waals surface area contributed by atoms with E-state index in [0.717, 1.165) is 30.9 Å². The fourth-order valence-corrected chi connectivity index (χ4v) is 4.64. The molecule has 0 N–H and O–H groups in total. The molecular weight excluding hydrogens is 264 g/mol. The highest BCUT2D eigenvalue weighted by Gasteiger charge is 2.36.